The summed E-state index contributed by atoms with van der Waals surface area (Å²) in [6, 6.07) is 15.4. The van der Waals surface area contributed by atoms with Gasteiger partial charge in [-0.1, -0.05) is 53.2 Å². The first kappa shape index (κ1) is 18.3. The average molecular weight is 414 g/mol. The predicted octanol–water partition coefficient (Wildman–Crippen LogP) is 3.47. The Morgan fingerprint density at radius 3 is 2.73 bits per heavy atom. The van der Waals surface area contributed by atoms with Gasteiger partial charge >= 0.3 is 0 Å². The standard InChI is InChI=1S/C20H20BrN3O2/c1-2-14(15-6-4-3-5-7-15)11-22-19(25)12-24-13-23-18-9-8-16(21)10-17(18)20(24)26/h3-10,13-14H,2,11-12H2,1H3,(H,22,25). The monoisotopic (exact) mass is 413 g/mol. The van der Waals surface area contributed by atoms with Crippen LogP contribution in [0.3, 0.4) is 0 Å². The van der Waals surface area contributed by atoms with Crippen molar-refractivity contribution in [2.45, 2.75) is 25.8 Å². The molecule has 134 valence electrons. The van der Waals surface area contributed by atoms with Gasteiger partial charge in [-0.05, 0) is 30.2 Å². The summed E-state index contributed by atoms with van der Waals surface area (Å²) >= 11 is 3.36. The number of halogens is 1. The Morgan fingerprint density at radius 2 is 2.00 bits per heavy atom. The smallest absolute Gasteiger partial charge is 0.261 e. The van der Waals surface area contributed by atoms with E-state index in [0.717, 1.165) is 10.9 Å². The predicted molar refractivity (Wildman–Crippen MR) is 106 cm³/mol. The first-order valence-electron chi connectivity index (χ1n) is 8.55. The third kappa shape index (κ3) is 4.19. The van der Waals surface area contributed by atoms with E-state index in [-0.39, 0.29) is 23.9 Å². The van der Waals surface area contributed by atoms with Crippen LogP contribution in [0.2, 0.25) is 0 Å². The molecule has 5 nitrogen and oxygen atoms in total. The summed E-state index contributed by atoms with van der Waals surface area (Å²) in [6.45, 7) is 2.60. The minimum atomic E-state index is -0.221. The highest BCUT2D eigenvalue weighted by Gasteiger charge is 2.12. The molecular weight excluding hydrogens is 394 g/mol. The maximum absolute atomic E-state index is 12.6. The van der Waals surface area contributed by atoms with Gasteiger partial charge in [0.2, 0.25) is 5.91 Å². The number of carbonyl (C=O) groups is 1. The number of carbonyl (C=O) groups excluding carboxylic acids is 1. The second kappa shape index (κ2) is 8.27. The largest absolute Gasteiger partial charge is 0.354 e. The number of fused-ring (bicyclic) bond motifs is 1. The van der Waals surface area contributed by atoms with Crippen LogP contribution in [0, 0.1) is 0 Å². The number of amides is 1. The minimum Gasteiger partial charge on any atom is -0.354 e. The fraction of sp³-hybridized carbons (Fsp3) is 0.250. The number of benzene rings is 2. The van der Waals surface area contributed by atoms with Gasteiger partial charge in [-0.2, -0.15) is 0 Å². The van der Waals surface area contributed by atoms with Gasteiger partial charge in [0.1, 0.15) is 6.54 Å². The number of nitrogens with one attached hydrogen (secondary N) is 1. The van der Waals surface area contributed by atoms with Gasteiger partial charge in [0.25, 0.3) is 5.56 Å². The van der Waals surface area contributed by atoms with Crippen molar-refractivity contribution in [1.82, 2.24) is 14.9 Å². The molecule has 2 aromatic carbocycles. The van der Waals surface area contributed by atoms with Gasteiger partial charge < -0.3 is 5.32 Å². The van der Waals surface area contributed by atoms with Gasteiger partial charge in [0, 0.05) is 16.9 Å². The summed E-state index contributed by atoms with van der Waals surface area (Å²) < 4.78 is 2.15. The Hall–Kier alpha value is -2.47. The van der Waals surface area contributed by atoms with Crippen LogP contribution in [0.1, 0.15) is 24.8 Å². The van der Waals surface area contributed by atoms with Crippen molar-refractivity contribution in [3.05, 3.63) is 75.2 Å². The molecule has 0 saturated carbocycles. The molecule has 0 fully saturated rings. The van der Waals surface area contributed by atoms with Crippen molar-refractivity contribution >= 4 is 32.7 Å². The summed E-state index contributed by atoms with van der Waals surface area (Å²) in [5.74, 6) is 0.0557. The number of hydrogen-bond donors (Lipinski definition) is 1. The highest BCUT2D eigenvalue weighted by molar-refractivity contribution is 9.10. The molecule has 0 aliphatic rings. The molecular formula is C20H20BrN3O2. The van der Waals surface area contributed by atoms with E-state index in [4.69, 9.17) is 0 Å². The molecule has 0 bridgehead atoms. The quantitative estimate of drug-likeness (QED) is 0.672. The van der Waals surface area contributed by atoms with E-state index < -0.39 is 0 Å². The zero-order chi connectivity index (χ0) is 18.5. The summed E-state index contributed by atoms with van der Waals surface area (Å²) in [5, 5.41) is 3.42. The Balaban J connectivity index is 1.69. The molecule has 26 heavy (non-hydrogen) atoms. The number of nitrogens with zero attached hydrogens (tertiary/aromatic N) is 2. The molecule has 1 N–H and O–H groups in total. The molecule has 0 aliphatic carbocycles. The van der Waals surface area contributed by atoms with Crippen LogP contribution >= 0.6 is 15.9 Å². The molecule has 0 spiro atoms. The summed E-state index contributed by atoms with van der Waals surface area (Å²) in [6.07, 6.45) is 2.35. The molecule has 0 radical (unpaired) electrons. The third-order valence-corrected chi connectivity index (χ3v) is 4.90. The lowest BCUT2D eigenvalue weighted by atomic mass is 9.96. The fourth-order valence-electron chi connectivity index (χ4n) is 2.91. The second-order valence-electron chi connectivity index (χ2n) is 6.16. The van der Waals surface area contributed by atoms with E-state index in [1.165, 1.54) is 16.5 Å². The lowest BCUT2D eigenvalue weighted by Gasteiger charge is -2.16. The number of aromatic nitrogens is 2. The maximum atomic E-state index is 12.6. The zero-order valence-corrected chi connectivity index (χ0v) is 16.1. The molecule has 6 heteroatoms. The van der Waals surface area contributed by atoms with Gasteiger partial charge in [-0.15, -0.1) is 0 Å². The van der Waals surface area contributed by atoms with Crippen LogP contribution in [-0.4, -0.2) is 22.0 Å². The molecule has 1 unspecified atom stereocenters. The van der Waals surface area contributed by atoms with Gasteiger partial charge in [0.15, 0.2) is 0 Å². The molecule has 3 rings (SSSR count). The van der Waals surface area contributed by atoms with E-state index in [1.54, 1.807) is 12.1 Å². The topological polar surface area (TPSA) is 64.0 Å². The van der Waals surface area contributed by atoms with Crippen molar-refractivity contribution in [2.24, 2.45) is 0 Å². The zero-order valence-electron chi connectivity index (χ0n) is 14.5. The Bertz CT molecular complexity index is 970. The number of hydrogen-bond acceptors (Lipinski definition) is 3. The van der Waals surface area contributed by atoms with Crippen molar-refractivity contribution in [3.8, 4) is 0 Å². The van der Waals surface area contributed by atoms with E-state index in [2.05, 4.69) is 45.3 Å². The minimum absolute atomic E-state index is 0.0422. The first-order chi connectivity index (χ1) is 12.6. The number of rotatable bonds is 6. The molecule has 0 aliphatic heterocycles. The lowest BCUT2D eigenvalue weighted by Crippen LogP contribution is -2.34. The Kier molecular flexibility index (Phi) is 5.83. The van der Waals surface area contributed by atoms with E-state index >= 15 is 0 Å². The molecule has 1 heterocycles. The average Bonchev–Trinajstić information content (AvgIpc) is 2.66. The molecule has 1 aromatic heterocycles. The van der Waals surface area contributed by atoms with Crippen LogP contribution in [0.4, 0.5) is 0 Å². The maximum Gasteiger partial charge on any atom is 0.261 e. The van der Waals surface area contributed by atoms with Crippen LogP contribution in [0.15, 0.2) is 64.1 Å². The molecule has 1 atom stereocenters. The van der Waals surface area contributed by atoms with Crippen molar-refractivity contribution < 1.29 is 4.79 Å². The third-order valence-electron chi connectivity index (χ3n) is 4.41. The van der Waals surface area contributed by atoms with Crippen LogP contribution < -0.4 is 10.9 Å². The Labute approximate surface area is 160 Å². The van der Waals surface area contributed by atoms with E-state index in [9.17, 15) is 9.59 Å². The summed E-state index contributed by atoms with van der Waals surface area (Å²) in [4.78, 5) is 29.1. The van der Waals surface area contributed by atoms with Gasteiger partial charge in [0.05, 0.1) is 17.2 Å². The van der Waals surface area contributed by atoms with Gasteiger partial charge in [-0.25, -0.2) is 4.98 Å². The van der Waals surface area contributed by atoms with Crippen LogP contribution in [0.25, 0.3) is 10.9 Å². The fourth-order valence-corrected chi connectivity index (χ4v) is 3.28. The highest BCUT2D eigenvalue weighted by Crippen LogP contribution is 2.18. The van der Waals surface area contributed by atoms with E-state index in [1.807, 2.05) is 24.3 Å². The van der Waals surface area contributed by atoms with Gasteiger partial charge in [-0.3, -0.25) is 14.2 Å². The molecule has 0 saturated heterocycles. The highest BCUT2D eigenvalue weighted by atomic mass is 79.9. The first-order valence-corrected chi connectivity index (χ1v) is 9.34. The Morgan fingerprint density at radius 1 is 1.23 bits per heavy atom. The summed E-state index contributed by atoms with van der Waals surface area (Å²) in [7, 11) is 0. The van der Waals surface area contributed by atoms with E-state index in [0.29, 0.717) is 17.4 Å². The molecule has 1 amide bonds. The van der Waals surface area contributed by atoms with Crippen LogP contribution in [-0.2, 0) is 11.3 Å². The normalized spacial score (nSPS) is 12.1. The lowest BCUT2D eigenvalue weighted by molar-refractivity contribution is -0.121. The summed E-state index contributed by atoms with van der Waals surface area (Å²) in [5.41, 5.74) is 1.59. The molecule has 3 aromatic rings. The van der Waals surface area contributed by atoms with Crippen molar-refractivity contribution in [2.75, 3.05) is 6.54 Å². The second-order valence-corrected chi connectivity index (χ2v) is 7.07. The van der Waals surface area contributed by atoms with Crippen LogP contribution in [0.5, 0.6) is 0 Å². The SMILES string of the molecule is CCC(CNC(=O)Cn1cnc2ccc(Br)cc2c1=O)c1ccccc1. The van der Waals surface area contributed by atoms with Crippen molar-refractivity contribution in [3.63, 3.8) is 0 Å². The van der Waals surface area contributed by atoms with Crippen molar-refractivity contribution in [1.29, 1.82) is 0 Å².